The van der Waals surface area contributed by atoms with Crippen molar-refractivity contribution in [3.05, 3.63) is 63.5 Å². The average molecular weight is 373 g/mol. The smallest absolute Gasteiger partial charge is 0.266 e. The monoisotopic (exact) mass is 373 g/mol. The Morgan fingerprint density at radius 1 is 1.33 bits per heavy atom. The highest BCUT2D eigenvalue weighted by Crippen LogP contribution is 2.43. The van der Waals surface area contributed by atoms with Crippen LogP contribution in [0.1, 0.15) is 30.2 Å². The van der Waals surface area contributed by atoms with Crippen molar-refractivity contribution in [2.45, 2.75) is 18.9 Å². The number of rotatable bonds is 3. The lowest BCUT2D eigenvalue weighted by atomic mass is 9.92. The first-order valence-electron chi connectivity index (χ1n) is 8.71. The van der Waals surface area contributed by atoms with Gasteiger partial charge in [-0.2, -0.15) is 5.26 Å². The van der Waals surface area contributed by atoms with Crippen molar-refractivity contribution in [3.63, 3.8) is 0 Å². The molecular weight excluding hydrogens is 358 g/mol. The quantitative estimate of drug-likeness (QED) is 0.536. The van der Waals surface area contributed by atoms with Gasteiger partial charge in [-0.1, -0.05) is 12.1 Å². The van der Waals surface area contributed by atoms with Crippen molar-refractivity contribution in [1.29, 1.82) is 5.26 Å². The first-order chi connectivity index (χ1) is 13.2. The lowest BCUT2D eigenvalue weighted by molar-refractivity contribution is 0.416. The van der Waals surface area contributed by atoms with E-state index in [1.165, 1.54) is 11.3 Å². The van der Waals surface area contributed by atoms with Crippen molar-refractivity contribution in [3.8, 4) is 17.2 Å². The molecule has 0 radical (unpaired) electrons. The molecule has 0 amide bonds. The topological polar surface area (TPSA) is 82.1 Å². The number of epoxide rings is 1. The van der Waals surface area contributed by atoms with Crippen LogP contribution in [0, 0.1) is 11.3 Å². The van der Waals surface area contributed by atoms with E-state index >= 15 is 0 Å². The number of hydrogen-bond acceptors (Lipinski definition) is 5. The van der Waals surface area contributed by atoms with Crippen LogP contribution < -0.4 is 5.56 Å². The minimum Gasteiger partial charge on any atom is -0.368 e. The predicted octanol–water partition coefficient (Wildman–Crippen LogP) is 4.50. The molecule has 6 heteroatoms. The summed E-state index contributed by atoms with van der Waals surface area (Å²) in [6.45, 7) is 2.54. The van der Waals surface area contributed by atoms with Crippen LogP contribution in [-0.4, -0.2) is 16.6 Å². The maximum Gasteiger partial charge on any atom is 0.266 e. The van der Waals surface area contributed by atoms with Gasteiger partial charge in [0.15, 0.2) is 0 Å². The van der Waals surface area contributed by atoms with E-state index in [4.69, 9.17) is 10.00 Å². The van der Waals surface area contributed by atoms with E-state index < -0.39 is 0 Å². The number of ether oxygens (including phenoxy) is 1. The number of nitrogens with zero attached hydrogens (tertiary/aromatic N) is 2. The van der Waals surface area contributed by atoms with E-state index in [0.29, 0.717) is 6.61 Å². The lowest BCUT2D eigenvalue weighted by Crippen LogP contribution is -2.05. The molecule has 1 N–H and O–H groups in total. The highest BCUT2D eigenvalue weighted by molar-refractivity contribution is 7.17. The van der Waals surface area contributed by atoms with Crippen LogP contribution in [0.25, 0.3) is 32.1 Å². The number of nitrogens with one attached hydrogen (secondary N) is 1. The minimum atomic E-state index is -0.252. The molecule has 5 rings (SSSR count). The fourth-order valence-corrected chi connectivity index (χ4v) is 4.34. The van der Waals surface area contributed by atoms with Crippen LogP contribution in [0.5, 0.6) is 0 Å². The van der Waals surface area contributed by atoms with E-state index in [9.17, 15) is 4.79 Å². The molecule has 1 fully saturated rings. The molecule has 1 saturated heterocycles. The average Bonchev–Trinajstić information content (AvgIpc) is 3.42. The lowest BCUT2D eigenvalue weighted by Gasteiger charge is -2.14. The van der Waals surface area contributed by atoms with E-state index in [0.717, 1.165) is 43.4 Å². The molecule has 4 heterocycles. The van der Waals surface area contributed by atoms with Gasteiger partial charge in [0.05, 0.1) is 24.3 Å². The Morgan fingerprint density at radius 3 is 2.89 bits per heavy atom. The summed E-state index contributed by atoms with van der Waals surface area (Å²) in [4.78, 5) is 19.9. The molecule has 2 atom stereocenters. The third-order valence-electron chi connectivity index (χ3n) is 5.02. The maximum atomic E-state index is 12.4. The Balaban J connectivity index is 1.84. The van der Waals surface area contributed by atoms with Crippen LogP contribution in [0.3, 0.4) is 0 Å². The van der Waals surface area contributed by atoms with Crippen LogP contribution in [0.15, 0.2) is 46.7 Å². The largest absolute Gasteiger partial charge is 0.368 e. The third kappa shape index (κ3) is 2.55. The van der Waals surface area contributed by atoms with E-state index in [2.05, 4.69) is 16.0 Å². The molecule has 0 bridgehead atoms. The van der Waals surface area contributed by atoms with Gasteiger partial charge < -0.3 is 9.72 Å². The Labute approximate surface area is 158 Å². The van der Waals surface area contributed by atoms with Crippen molar-refractivity contribution in [2.24, 2.45) is 0 Å². The third-order valence-corrected chi connectivity index (χ3v) is 5.93. The van der Waals surface area contributed by atoms with E-state index in [1.54, 1.807) is 0 Å². The maximum absolute atomic E-state index is 12.4. The molecule has 132 valence electrons. The molecular formula is C21H15N3O2S. The fraction of sp³-hybridized carbons (Fsp3) is 0.190. The van der Waals surface area contributed by atoms with Gasteiger partial charge in [-0.15, -0.1) is 11.3 Å². The molecule has 0 aliphatic carbocycles. The summed E-state index contributed by atoms with van der Waals surface area (Å²) < 4.78 is 6.29. The van der Waals surface area contributed by atoms with Gasteiger partial charge in [0, 0.05) is 28.0 Å². The standard InChI is InChI=1S/C21H15N3O2S/c1-11(8-22)15-4-2-12(9-23-15)18-13(17-10-26-17)3-5-16-19(18)14-6-7-27-20(14)21(25)24-16/h2-7,9,11,17H,10H2,1H3,(H,24,25). The zero-order valence-electron chi connectivity index (χ0n) is 14.5. The van der Waals surface area contributed by atoms with Crippen LogP contribution in [0.4, 0.5) is 0 Å². The van der Waals surface area contributed by atoms with Gasteiger partial charge in [-0.25, -0.2) is 0 Å². The molecule has 27 heavy (non-hydrogen) atoms. The van der Waals surface area contributed by atoms with Gasteiger partial charge >= 0.3 is 0 Å². The number of benzene rings is 1. The number of aromatic amines is 1. The van der Waals surface area contributed by atoms with Crippen molar-refractivity contribution < 1.29 is 4.74 Å². The minimum absolute atomic E-state index is 0.0646. The molecule has 2 unspecified atom stereocenters. The molecule has 0 saturated carbocycles. The summed E-state index contributed by atoms with van der Waals surface area (Å²) in [7, 11) is 0. The Kier molecular flexibility index (Phi) is 3.61. The van der Waals surface area contributed by atoms with Gasteiger partial charge in [0.2, 0.25) is 0 Å². The second-order valence-electron chi connectivity index (χ2n) is 6.71. The number of hydrogen-bond donors (Lipinski definition) is 1. The zero-order chi connectivity index (χ0) is 18.5. The number of fused-ring (bicyclic) bond motifs is 3. The summed E-state index contributed by atoms with van der Waals surface area (Å²) in [6, 6.07) is 12.1. The van der Waals surface area contributed by atoms with Crippen LogP contribution in [-0.2, 0) is 4.74 Å². The molecule has 1 aromatic carbocycles. The summed E-state index contributed by atoms with van der Waals surface area (Å²) in [5.41, 5.74) is 4.59. The Morgan fingerprint density at radius 2 is 2.19 bits per heavy atom. The number of H-pyrrole nitrogens is 1. The van der Waals surface area contributed by atoms with Gasteiger partial charge in [-0.05, 0) is 41.6 Å². The van der Waals surface area contributed by atoms with Crippen molar-refractivity contribution in [1.82, 2.24) is 9.97 Å². The molecule has 1 aliphatic heterocycles. The van der Waals surface area contributed by atoms with Crippen LogP contribution >= 0.6 is 11.3 Å². The first kappa shape index (κ1) is 16.2. The zero-order valence-corrected chi connectivity index (χ0v) is 15.3. The Hall–Kier alpha value is -3.01. The van der Waals surface area contributed by atoms with Gasteiger partial charge in [0.25, 0.3) is 5.56 Å². The van der Waals surface area contributed by atoms with Crippen molar-refractivity contribution in [2.75, 3.05) is 6.61 Å². The molecule has 0 spiro atoms. The Bertz CT molecular complexity index is 1280. The van der Waals surface area contributed by atoms with E-state index in [-0.39, 0.29) is 17.6 Å². The van der Waals surface area contributed by atoms with Crippen molar-refractivity contribution >= 4 is 32.3 Å². The van der Waals surface area contributed by atoms with E-state index in [1.807, 2.05) is 48.8 Å². The molecule has 3 aromatic heterocycles. The predicted molar refractivity (Wildman–Crippen MR) is 106 cm³/mol. The number of pyridine rings is 2. The summed E-state index contributed by atoms with van der Waals surface area (Å²) in [5.74, 6) is -0.252. The fourth-order valence-electron chi connectivity index (χ4n) is 3.55. The summed E-state index contributed by atoms with van der Waals surface area (Å²) in [6.07, 6.45) is 1.88. The number of thiophene rings is 1. The summed E-state index contributed by atoms with van der Waals surface area (Å²) >= 11 is 1.45. The molecule has 5 nitrogen and oxygen atoms in total. The second-order valence-corrected chi connectivity index (χ2v) is 7.63. The number of nitriles is 1. The first-order valence-corrected chi connectivity index (χ1v) is 9.59. The SMILES string of the molecule is CC(C#N)c1ccc(-c2c(C3CO3)ccc3[nH]c(=O)c4sccc4c23)cn1. The normalized spacial score (nSPS) is 17.1. The van der Waals surface area contributed by atoms with Crippen LogP contribution in [0.2, 0.25) is 0 Å². The summed E-state index contributed by atoms with van der Waals surface area (Å²) in [5, 5.41) is 13.0. The van der Waals surface area contributed by atoms with Gasteiger partial charge in [0.1, 0.15) is 10.8 Å². The molecule has 4 aromatic rings. The number of aromatic nitrogens is 2. The highest BCUT2D eigenvalue weighted by atomic mass is 32.1. The van der Waals surface area contributed by atoms with Gasteiger partial charge in [-0.3, -0.25) is 9.78 Å². The highest BCUT2D eigenvalue weighted by Gasteiger charge is 2.29. The molecule has 1 aliphatic rings. The second kappa shape index (κ2) is 6.02.